The quantitative estimate of drug-likeness (QED) is 0.906. The number of piperidine rings is 1. The summed E-state index contributed by atoms with van der Waals surface area (Å²) in [6, 6.07) is 7.69. The fraction of sp³-hybridized carbons (Fsp3) is 0.421. The van der Waals surface area contributed by atoms with Crippen molar-refractivity contribution in [2.75, 3.05) is 13.1 Å². The van der Waals surface area contributed by atoms with E-state index in [-0.39, 0.29) is 23.3 Å². The number of hydrogen-bond donors (Lipinski definition) is 1. The Kier molecular flexibility index (Phi) is 3.82. The number of nitrogens with one attached hydrogen (secondary N) is 1. The number of likely N-dealkylation sites (tertiary alicyclic amines) is 1. The molecule has 6 heteroatoms. The maximum absolute atomic E-state index is 12.7. The molecule has 2 fully saturated rings. The SMILES string of the molecule is Cn1cccc1C(=O)N1CCC2(CC1)NC(=O)C[C@H]2c1cccnc1. The molecule has 2 aromatic rings. The van der Waals surface area contributed by atoms with Crippen LogP contribution in [0.15, 0.2) is 42.9 Å². The molecule has 0 aliphatic carbocycles. The van der Waals surface area contributed by atoms with Gasteiger partial charge in [-0.05, 0) is 36.6 Å². The van der Waals surface area contributed by atoms with Crippen molar-refractivity contribution in [2.45, 2.75) is 30.7 Å². The van der Waals surface area contributed by atoms with E-state index in [1.807, 2.05) is 53.2 Å². The summed E-state index contributed by atoms with van der Waals surface area (Å²) in [4.78, 5) is 30.9. The summed E-state index contributed by atoms with van der Waals surface area (Å²) in [6.07, 6.45) is 7.53. The van der Waals surface area contributed by atoms with Crippen molar-refractivity contribution in [3.05, 3.63) is 54.1 Å². The number of hydrogen-bond acceptors (Lipinski definition) is 3. The highest BCUT2D eigenvalue weighted by atomic mass is 16.2. The lowest BCUT2D eigenvalue weighted by atomic mass is 9.74. The van der Waals surface area contributed by atoms with Crippen LogP contribution < -0.4 is 5.32 Å². The van der Waals surface area contributed by atoms with Gasteiger partial charge in [-0.25, -0.2) is 0 Å². The first-order valence-electron chi connectivity index (χ1n) is 8.71. The maximum Gasteiger partial charge on any atom is 0.270 e. The second kappa shape index (κ2) is 6.02. The number of amides is 2. The van der Waals surface area contributed by atoms with E-state index in [0.29, 0.717) is 25.2 Å². The van der Waals surface area contributed by atoms with Crippen LogP contribution in [0.1, 0.15) is 41.2 Å². The van der Waals surface area contributed by atoms with Gasteiger partial charge in [0.05, 0.1) is 5.54 Å². The van der Waals surface area contributed by atoms with E-state index in [0.717, 1.165) is 18.4 Å². The molecule has 0 unspecified atom stereocenters. The van der Waals surface area contributed by atoms with Gasteiger partial charge < -0.3 is 14.8 Å². The van der Waals surface area contributed by atoms with Crippen molar-refractivity contribution in [3.63, 3.8) is 0 Å². The molecule has 2 amide bonds. The van der Waals surface area contributed by atoms with Crippen LogP contribution in [-0.2, 0) is 11.8 Å². The van der Waals surface area contributed by atoms with Crippen LogP contribution in [0.25, 0.3) is 0 Å². The molecule has 25 heavy (non-hydrogen) atoms. The van der Waals surface area contributed by atoms with Gasteiger partial charge in [0.2, 0.25) is 5.91 Å². The van der Waals surface area contributed by atoms with Gasteiger partial charge in [0.15, 0.2) is 0 Å². The van der Waals surface area contributed by atoms with Crippen molar-refractivity contribution in [2.24, 2.45) is 7.05 Å². The molecular weight excluding hydrogens is 316 g/mol. The summed E-state index contributed by atoms with van der Waals surface area (Å²) in [5.74, 6) is 0.279. The molecule has 1 N–H and O–H groups in total. The first-order chi connectivity index (χ1) is 12.1. The molecule has 2 aliphatic heterocycles. The Balaban J connectivity index is 1.52. The lowest BCUT2D eigenvalue weighted by molar-refractivity contribution is -0.120. The molecular formula is C19H22N4O2. The monoisotopic (exact) mass is 338 g/mol. The normalized spacial score (nSPS) is 22.2. The fourth-order valence-corrected chi connectivity index (χ4v) is 4.24. The molecule has 0 saturated carbocycles. The summed E-state index contributed by atoms with van der Waals surface area (Å²) in [5.41, 5.74) is 1.55. The minimum Gasteiger partial charge on any atom is -0.350 e. The van der Waals surface area contributed by atoms with Gasteiger partial charge in [0, 0.05) is 51.1 Å². The highest BCUT2D eigenvalue weighted by molar-refractivity contribution is 5.93. The predicted molar refractivity (Wildman–Crippen MR) is 93.0 cm³/mol. The highest BCUT2D eigenvalue weighted by Gasteiger charge is 2.49. The van der Waals surface area contributed by atoms with Gasteiger partial charge in [0.1, 0.15) is 5.69 Å². The van der Waals surface area contributed by atoms with Crippen molar-refractivity contribution in [3.8, 4) is 0 Å². The molecule has 2 aliphatic rings. The van der Waals surface area contributed by atoms with E-state index in [1.165, 1.54) is 0 Å². The van der Waals surface area contributed by atoms with Gasteiger partial charge in [-0.2, -0.15) is 0 Å². The average Bonchev–Trinajstić information content (AvgIpc) is 3.19. The Morgan fingerprint density at radius 3 is 2.72 bits per heavy atom. The van der Waals surface area contributed by atoms with E-state index in [9.17, 15) is 9.59 Å². The third-order valence-corrected chi connectivity index (χ3v) is 5.64. The Morgan fingerprint density at radius 2 is 2.08 bits per heavy atom. The first kappa shape index (κ1) is 15.9. The second-order valence-corrected chi connectivity index (χ2v) is 7.04. The summed E-state index contributed by atoms with van der Waals surface area (Å²) < 4.78 is 1.85. The lowest BCUT2D eigenvalue weighted by Crippen LogP contribution is -2.54. The molecule has 1 spiro atoms. The molecule has 2 aromatic heterocycles. The van der Waals surface area contributed by atoms with Crippen LogP contribution in [0.5, 0.6) is 0 Å². The molecule has 130 valence electrons. The molecule has 4 heterocycles. The van der Waals surface area contributed by atoms with Gasteiger partial charge in [-0.15, -0.1) is 0 Å². The number of carbonyl (C=O) groups is 2. The molecule has 1 atom stereocenters. The van der Waals surface area contributed by atoms with E-state index in [4.69, 9.17) is 0 Å². The topological polar surface area (TPSA) is 67.2 Å². The Hall–Kier alpha value is -2.63. The smallest absolute Gasteiger partial charge is 0.270 e. The largest absolute Gasteiger partial charge is 0.350 e. The second-order valence-electron chi connectivity index (χ2n) is 7.04. The van der Waals surface area contributed by atoms with E-state index in [2.05, 4.69) is 10.3 Å². The van der Waals surface area contributed by atoms with Crippen LogP contribution in [0.2, 0.25) is 0 Å². The Bertz CT molecular complexity index is 791. The van der Waals surface area contributed by atoms with Crippen molar-refractivity contribution < 1.29 is 9.59 Å². The summed E-state index contributed by atoms with van der Waals surface area (Å²) in [5, 5.41) is 3.21. The summed E-state index contributed by atoms with van der Waals surface area (Å²) in [6.45, 7) is 1.31. The third kappa shape index (κ3) is 2.71. The third-order valence-electron chi connectivity index (χ3n) is 5.64. The summed E-state index contributed by atoms with van der Waals surface area (Å²) >= 11 is 0. The zero-order valence-electron chi connectivity index (χ0n) is 14.3. The van der Waals surface area contributed by atoms with Crippen molar-refractivity contribution in [1.82, 2.24) is 19.8 Å². The average molecular weight is 338 g/mol. The van der Waals surface area contributed by atoms with E-state index >= 15 is 0 Å². The molecule has 2 saturated heterocycles. The maximum atomic E-state index is 12.7. The van der Waals surface area contributed by atoms with Crippen molar-refractivity contribution >= 4 is 11.8 Å². The molecule has 0 aromatic carbocycles. The van der Waals surface area contributed by atoms with Crippen LogP contribution in [0.3, 0.4) is 0 Å². The number of aryl methyl sites for hydroxylation is 1. The number of nitrogens with zero attached hydrogens (tertiary/aromatic N) is 3. The zero-order valence-corrected chi connectivity index (χ0v) is 14.3. The Morgan fingerprint density at radius 1 is 1.28 bits per heavy atom. The predicted octanol–water partition coefficient (Wildman–Crippen LogP) is 1.70. The molecule has 0 radical (unpaired) electrons. The van der Waals surface area contributed by atoms with Crippen LogP contribution in [0.4, 0.5) is 0 Å². The first-order valence-corrected chi connectivity index (χ1v) is 8.71. The number of carbonyl (C=O) groups excluding carboxylic acids is 2. The molecule has 0 bridgehead atoms. The highest BCUT2D eigenvalue weighted by Crippen LogP contribution is 2.43. The van der Waals surface area contributed by atoms with Gasteiger partial charge in [-0.1, -0.05) is 6.07 Å². The van der Waals surface area contributed by atoms with E-state index < -0.39 is 0 Å². The van der Waals surface area contributed by atoms with E-state index in [1.54, 1.807) is 6.20 Å². The van der Waals surface area contributed by atoms with Gasteiger partial charge in [0.25, 0.3) is 5.91 Å². The number of aromatic nitrogens is 2. The van der Waals surface area contributed by atoms with Gasteiger partial charge in [-0.3, -0.25) is 14.6 Å². The minimum atomic E-state index is -0.259. The number of rotatable bonds is 2. The number of pyridine rings is 1. The van der Waals surface area contributed by atoms with Crippen LogP contribution in [-0.4, -0.2) is 44.9 Å². The lowest BCUT2D eigenvalue weighted by Gasteiger charge is -2.42. The standard InChI is InChI=1S/C19H22N4O2/c1-22-9-3-5-16(22)18(25)23-10-6-19(7-11-23)15(12-17(24)21-19)14-4-2-8-20-13-14/h2-5,8-9,13,15H,6-7,10-12H2,1H3,(H,21,24)/t15-/m0/s1. The molecule has 4 rings (SSSR count). The summed E-state index contributed by atoms with van der Waals surface area (Å²) in [7, 11) is 1.88. The van der Waals surface area contributed by atoms with Crippen LogP contribution >= 0.6 is 0 Å². The zero-order chi connectivity index (χ0) is 17.4. The molecule has 6 nitrogen and oxygen atoms in total. The van der Waals surface area contributed by atoms with Crippen molar-refractivity contribution in [1.29, 1.82) is 0 Å². The van der Waals surface area contributed by atoms with Crippen LogP contribution in [0, 0.1) is 0 Å². The Labute approximate surface area is 146 Å². The van der Waals surface area contributed by atoms with Gasteiger partial charge >= 0.3 is 0 Å². The minimum absolute atomic E-state index is 0.0598. The fourth-order valence-electron chi connectivity index (χ4n) is 4.24.